The van der Waals surface area contributed by atoms with E-state index in [0.29, 0.717) is 19.3 Å². The van der Waals surface area contributed by atoms with E-state index in [1.165, 1.54) is 0 Å². The molecule has 0 aromatic rings. The number of ether oxygens (including phenoxy) is 1. The molecule has 8 heteroatoms. The molecule has 0 saturated carbocycles. The van der Waals surface area contributed by atoms with Gasteiger partial charge in [-0.05, 0) is 19.3 Å². The van der Waals surface area contributed by atoms with Gasteiger partial charge in [0.25, 0.3) is 0 Å². The van der Waals surface area contributed by atoms with Gasteiger partial charge in [0.05, 0.1) is 13.3 Å². The van der Waals surface area contributed by atoms with Crippen LogP contribution in [-0.2, 0) is 24.1 Å². The lowest BCUT2D eigenvalue weighted by Crippen LogP contribution is -2.29. The van der Waals surface area contributed by atoms with Gasteiger partial charge in [0, 0.05) is 0 Å². The van der Waals surface area contributed by atoms with Crippen molar-refractivity contribution < 1.29 is 31.1 Å². The molecule has 1 atom stereocenters. The van der Waals surface area contributed by atoms with Gasteiger partial charge in [-0.25, -0.2) is 8.98 Å². The third kappa shape index (κ3) is 14.8. The van der Waals surface area contributed by atoms with Crippen molar-refractivity contribution in [1.29, 1.82) is 0 Å². The number of unbranched alkanes of at least 4 members (excludes halogenated alkanes) is 8. The average molecular weight is 370 g/mol. The van der Waals surface area contributed by atoms with Crippen LogP contribution in [0.2, 0.25) is 0 Å². The van der Waals surface area contributed by atoms with Crippen LogP contribution < -0.4 is 0 Å². The van der Waals surface area contributed by atoms with E-state index in [9.17, 15) is 17.6 Å². The Hall–Kier alpha value is -0.730. The minimum atomic E-state index is -4.68. The summed E-state index contributed by atoms with van der Waals surface area (Å²) in [6.45, 7) is 1.86. The maximum atomic E-state index is 11.9. The highest BCUT2D eigenvalue weighted by molar-refractivity contribution is 7.80. The molecule has 0 amide bonds. The molecule has 0 aromatic heterocycles. The molecule has 0 saturated heterocycles. The Morgan fingerprint density at radius 3 is 2.04 bits per heavy atom. The Kier molecular flexibility index (Phi) is 14.2. The maximum Gasteiger partial charge on any atom is 0.398 e. The standard InChI is InChI=1S/C16H31FO6S/c1-2-3-12-15(23-24(19,20)21)16(18)22-14-11-9-7-5-4-6-8-10-13-17/h15H,2-14H2,1H3,(H,19,20,21). The summed E-state index contributed by atoms with van der Waals surface area (Å²) < 4.78 is 51.5. The summed E-state index contributed by atoms with van der Waals surface area (Å²) in [5, 5.41) is 0. The van der Waals surface area contributed by atoms with E-state index in [-0.39, 0.29) is 19.7 Å². The topological polar surface area (TPSA) is 89.9 Å². The number of carbonyl (C=O) groups is 1. The lowest BCUT2D eigenvalue weighted by molar-refractivity contribution is -0.152. The monoisotopic (exact) mass is 370 g/mol. The van der Waals surface area contributed by atoms with Crippen molar-refractivity contribution >= 4 is 16.4 Å². The van der Waals surface area contributed by atoms with Crippen LogP contribution >= 0.6 is 0 Å². The predicted molar refractivity (Wildman–Crippen MR) is 89.8 cm³/mol. The summed E-state index contributed by atoms with van der Waals surface area (Å²) >= 11 is 0. The molecule has 0 spiro atoms. The number of rotatable bonds is 16. The third-order valence-corrected chi connectivity index (χ3v) is 4.07. The lowest BCUT2D eigenvalue weighted by atomic mass is 10.1. The highest BCUT2D eigenvalue weighted by Gasteiger charge is 2.25. The quantitative estimate of drug-likeness (QED) is 0.251. The summed E-state index contributed by atoms with van der Waals surface area (Å²) in [4.78, 5) is 11.8. The van der Waals surface area contributed by atoms with Gasteiger partial charge in [0.1, 0.15) is 0 Å². The highest BCUT2D eigenvalue weighted by atomic mass is 32.3. The zero-order valence-electron chi connectivity index (χ0n) is 14.5. The number of halogens is 1. The van der Waals surface area contributed by atoms with Crippen LogP contribution in [-0.4, -0.2) is 38.3 Å². The Morgan fingerprint density at radius 2 is 1.54 bits per heavy atom. The molecule has 0 aromatic carbocycles. The zero-order chi connectivity index (χ0) is 18.3. The van der Waals surface area contributed by atoms with Gasteiger partial charge in [-0.1, -0.05) is 58.3 Å². The first-order chi connectivity index (χ1) is 11.4. The molecule has 24 heavy (non-hydrogen) atoms. The van der Waals surface area contributed by atoms with E-state index in [2.05, 4.69) is 4.18 Å². The van der Waals surface area contributed by atoms with Crippen molar-refractivity contribution in [3.8, 4) is 0 Å². The second-order valence-corrected chi connectivity index (χ2v) is 6.89. The number of carbonyl (C=O) groups excluding carboxylic acids is 1. The van der Waals surface area contributed by atoms with Crippen molar-refractivity contribution in [3.63, 3.8) is 0 Å². The number of esters is 1. The van der Waals surface area contributed by atoms with Crippen LogP contribution in [0.15, 0.2) is 0 Å². The number of hydrogen-bond donors (Lipinski definition) is 1. The first-order valence-electron chi connectivity index (χ1n) is 8.79. The van der Waals surface area contributed by atoms with Crippen LogP contribution in [0.25, 0.3) is 0 Å². The van der Waals surface area contributed by atoms with Crippen LogP contribution in [0.3, 0.4) is 0 Å². The fraction of sp³-hybridized carbons (Fsp3) is 0.938. The molecule has 0 aliphatic carbocycles. The van der Waals surface area contributed by atoms with Crippen molar-refractivity contribution in [2.45, 2.75) is 83.7 Å². The van der Waals surface area contributed by atoms with Crippen LogP contribution in [0, 0.1) is 0 Å². The molecule has 1 unspecified atom stereocenters. The van der Waals surface area contributed by atoms with E-state index in [1.807, 2.05) is 6.92 Å². The summed E-state index contributed by atoms with van der Waals surface area (Å²) in [5.41, 5.74) is 0. The second kappa shape index (κ2) is 14.6. The SMILES string of the molecule is CCCCC(OS(=O)(=O)O)C(=O)OCCCCCCCCCCF. The minimum absolute atomic E-state index is 0.188. The fourth-order valence-electron chi connectivity index (χ4n) is 2.26. The van der Waals surface area contributed by atoms with E-state index in [4.69, 9.17) is 9.29 Å². The first kappa shape index (κ1) is 23.3. The Labute approximate surface area is 145 Å². The van der Waals surface area contributed by atoms with Crippen LogP contribution in [0.4, 0.5) is 4.39 Å². The summed E-state index contributed by atoms with van der Waals surface area (Å²) in [6, 6.07) is 0. The van der Waals surface area contributed by atoms with Gasteiger partial charge >= 0.3 is 16.4 Å². The summed E-state index contributed by atoms with van der Waals surface area (Å²) in [7, 11) is -4.68. The normalized spacial score (nSPS) is 13.0. The molecular weight excluding hydrogens is 339 g/mol. The molecule has 0 rings (SSSR count). The van der Waals surface area contributed by atoms with Crippen molar-refractivity contribution in [2.24, 2.45) is 0 Å². The molecule has 0 aliphatic rings. The molecule has 0 bridgehead atoms. The summed E-state index contributed by atoms with van der Waals surface area (Å²) in [6.07, 6.45) is 7.68. The molecule has 144 valence electrons. The van der Waals surface area contributed by atoms with Crippen molar-refractivity contribution in [1.82, 2.24) is 0 Å². The van der Waals surface area contributed by atoms with E-state index in [1.54, 1.807) is 0 Å². The molecule has 0 heterocycles. The van der Waals surface area contributed by atoms with Gasteiger partial charge in [-0.15, -0.1) is 0 Å². The highest BCUT2D eigenvalue weighted by Crippen LogP contribution is 2.12. The van der Waals surface area contributed by atoms with Gasteiger partial charge in [-0.2, -0.15) is 8.42 Å². The van der Waals surface area contributed by atoms with Crippen LogP contribution in [0.1, 0.15) is 77.6 Å². The van der Waals surface area contributed by atoms with Gasteiger partial charge in [-0.3, -0.25) is 8.94 Å². The number of alkyl halides is 1. The van der Waals surface area contributed by atoms with E-state index >= 15 is 0 Å². The lowest BCUT2D eigenvalue weighted by Gasteiger charge is -2.14. The van der Waals surface area contributed by atoms with Crippen LogP contribution in [0.5, 0.6) is 0 Å². The molecule has 0 radical (unpaired) electrons. The predicted octanol–water partition coefficient (Wildman–Crippen LogP) is 4.00. The largest absolute Gasteiger partial charge is 0.464 e. The number of hydrogen-bond acceptors (Lipinski definition) is 5. The molecule has 1 N–H and O–H groups in total. The Balaban J connectivity index is 3.79. The van der Waals surface area contributed by atoms with E-state index < -0.39 is 22.5 Å². The van der Waals surface area contributed by atoms with E-state index in [0.717, 1.165) is 44.9 Å². The smallest absolute Gasteiger partial charge is 0.398 e. The van der Waals surface area contributed by atoms with Crippen molar-refractivity contribution in [2.75, 3.05) is 13.3 Å². The minimum Gasteiger partial charge on any atom is -0.464 e. The third-order valence-electron chi connectivity index (χ3n) is 3.59. The first-order valence-corrected chi connectivity index (χ1v) is 10.2. The average Bonchev–Trinajstić information content (AvgIpc) is 2.52. The second-order valence-electron chi connectivity index (χ2n) is 5.84. The molecule has 6 nitrogen and oxygen atoms in total. The zero-order valence-corrected chi connectivity index (χ0v) is 15.4. The van der Waals surface area contributed by atoms with Gasteiger partial charge < -0.3 is 4.74 Å². The maximum absolute atomic E-state index is 11.9. The Morgan fingerprint density at radius 1 is 1.00 bits per heavy atom. The Bertz CT molecular complexity index is 413. The summed E-state index contributed by atoms with van der Waals surface area (Å²) in [5.74, 6) is -0.757. The molecular formula is C16H31FO6S. The van der Waals surface area contributed by atoms with Gasteiger partial charge in [0.2, 0.25) is 0 Å². The van der Waals surface area contributed by atoms with Gasteiger partial charge in [0.15, 0.2) is 6.10 Å². The fourth-order valence-corrected chi connectivity index (χ4v) is 2.73. The molecule has 0 fully saturated rings. The molecule has 0 aliphatic heterocycles. The van der Waals surface area contributed by atoms with Crippen molar-refractivity contribution in [3.05, 3.63) is 0 Å².